The van der Waals surface area contributed by atoms with Gasteiger partial charge in [0.2, 0.25) is 5.91 Å². The highest BCUT2D eigenvalue weighted by molar-refractivity contribution is 5.76. The van der Waals surface area contributed by atoms with Crippen LogP contribution in [0.25, 0.3) is 0 Å². The molecule has 1 aliphatic rings. The lowest BCUT2D eigenvalue weighted by atomic mass is 9.82. The van der Waals surface area contributed by atoms with Gasteiger partial charge in [-0.25, -0.2) is 0 Å². The van der Waals surface area contributed by atoms with Crippen molar-refractivity contribution in [2.75, 3.05) is 19.6 Å². The fourth-order valence-electron chi connectivity index (χ4n) is 2.17. The molecule has 3 heteroatoms. The van der Waals surface area contributed by atoms with Crippen LogP contribution in [0.1, 0.15) is 47.0 Å². The van der Waals surface area contributed by atoms with E-state index in [1.54, 1.807) is 0 Å². The Balaban J connectivity index is 2.33. The first-order valence-corrected chi connectivity index (χ1v) is 6.46. The van der Waals surface area contributed by atoms with Crippen LogP contribution in [0.15, 0.2) is 0 Å². The largest absolute Gasteiger partial charge is 0.343 e. The van der Waals surface area contributed by atoms with Gasteiger partial charge in [0, 0.05) is 25.6 Å². The van der Waals surface area contributed by atoms with Crippen molar-refractivity contribution >= 4 is 5.91 Å². The van der Waals surface area contributed by atoms with Crippen molar-refractivity contribution in [3.05, 3.63) is 0 Å². The fourth-order valence-corrected chi connectivity index (χ4v) is 2.17. The molecule has 0 spiro atoms. The molecule has 1 N–H and O–H groups in total. The Kier molecular flexibility index (Phi) is 4.78. The van der Waals surface area contributed by atoms with Gasteiger partial charge in [0.1, 0.15) is 0 Å². The zero-order valence-electron chi connectivity index (χ0n) is 11.2. The van der Waals surface area contributed by atoms with Gasteiger partial charge in [-0.1, -0.05) is 20.8 Å². The molecule has 0 saturated carbocycles. The number of piperidine rings is 1. The van der Waals surface area contributed by atoms with Crippen molar-refractivity contribution in [3.8, 4) is 0 Å². The van der Waals surface area contributed by atoms with Crippen LogP contribution in [-0.2, 0) is 4.79 Å². The van der Waals surface area contributed by atoms with Crippen LogP contribution in [0.4, 0.5) is 0 Å². The van der Waals surface area contributed by atoms with E-state index in [-0.39, 0.29) is 0 Å². The second-order valence-corrected chi connectivity index (χ2v) is 5.71. The first kappa shape index (κ1) is 13.5. The lowest BCUT2D eigenvalue weighted by molar-refractivity contribution is -0.133. The predicted octanol–water partition coefficient (Wildman–Crippen LogP) is 2.02. The normalized spacial score (nSPS) is 21.9. The van der Waals surface area contributed by atoms with Gasteiger partial charge in [-0.15, -0.1) is 0 Å². The van der Waals surface area contributed by atoms with E-state index in [0.717, 1.165) is 32.5 Å². The summed E-state index contributed by atoms with van der Waals surface area (Å²) in [4.78, 5) is 14.0. The fraction of sp³-hybridized carbons (Fsp3) is 0.923. The number of hydrogen-bond donors (Lipinski definition) is 1. The van der Waals surface area contributed by atoms with E-state index in [2.05, 4.69) is 33.0 Å². The number of hydrogen-bond acceptors (Lipinski definition) is 2. The molecule has 3 nitrogen and oxygen atoms in total. The molecule has 16 heavy (non-hydrogen) atoms. The SMILES string of the molecule is CCNC(C)CC(=O)N1CCC(C)(C)CC1. The smallest absolute Gasteiger partial charge is 0.224 e. The van der Waals surface area contributed by atoms with Crippen LogP contribution < -0.4 is 5.32 Å². The summed E-state index contributed by atoms with van der Waals surface area (Å²) < 4.78 is 0. The zero-order valence-corrected chi connectivity index (χ0v) is 11.2. The van der Waals surface area contributed by atoms with Crippen LogP contribution in [0.5, 0.6) is 0 Å². The summed E-state index contributed by atoms with van der Waals surface area (Å²) in [5.41, 5.74) is 0.421. The molecule has 1 unspecified atom stereocenters. The lowest BCUT2D eigenvalue weighted by Crippen LogP contribution is -2.43. The Hall–Kier alpha value is -0.570. The second-order valence-electron chi connectivity index (χ2n) is 5.71. The summed E-state index contributed by atoms with van der Waals surface area (Å²) >= 11 is 0. The van der Waals surface area contributed by atoms with Crippen molar-refractivity contribution in [2.45, 2.75) is 53.0 Å². The lowest BCUT2D eigenvalue weighted by Gasteiger charge is -2.37. The van der Waals surface area contributed by atoms with Crippen LogP contribution in [0, 0.1) is 5.41 Å². The van der Waals surface area contributed by atoms with Crippen molar-refractivity contribution in [2.24, 2.45) is 5.41 Å². The highest BCUT2D eigenvalue weighted by atomic mass is 16.2. The maximum Gasteiger partial charge on any atom is 0.224 e. The Morgan fingerprint density at radius 1 is 1.38 bits per heavy atom. The molecule has 1 atom stereocenters. The Morgan fingerprint density at radius 2 is 1.94 bits per heavy atom. The molecule has 0 aromatic heterocycles. The Bertz CT molecular complexity index is 228. The zero-order chi connectivity index (χ0) is 12.2. The number of rotatable bonds is 4. The summed E-state index contributed by atoms with van der Waals surface area (Å²) in [5.74, 6) is 0.309. The van der Waals surface area contributed by atoms with Gasteiger partial charge >= 0.3 is 0 Å². The Labute approximate surface area is 99.6 Å². The highest BCUT2D eigenvalue weighted by Gasteiger charge is 2.27. The average molecular weight is 226 g/mol. The summed E-state index contributed by atoms with van der Waals surface area (Å²) in [7, 11) is 0. The van der Waals surface area contributed by atoms with E-state index in [1.165, 1.54) is 0 Å². The standard InChI is InChI=1S/C13H26N2O/c1-5-14-11(2)10-12(16)15-8-6-13(3,4)7-9-15/h11,14H,5-10H2,1-4H3. The van der Waals surface area contributed by atoms with Crippen LogP contribution in [0.3, 0.4) is 0 Å². The summed E-state index contributed by atoms with van der Waals surface area (Å²) in [6, 6.07) is 0.299. The molecule has 94 valence electrons. The number of likely N-dealkylation sites (tertiary alicyclic amines) is 1. The van der Waals surface area contributed by atoms with Crippen molar-refractivity contribution in [1.29, 1.82) is 0 Å². The van der Waals surface area contributed by atoms with Crippen molar-refractivity contribution in [1.82, 2.24) is 10.2 Å². The third-order valence-corrected chi connectivity index (χ3v) is 3.50. The molecule has 0 aromatic rings. The number of nitrogens with zero attached hydrogens (tertiary/aromatic N) is 1. The molecule has 1 heterocycles. The first-order chi connectivity index (χ1) is 7.44. The van der Waals surface area contributed by atoms with Crippen LogP contribution in [0.2, 0.25) is 0 Å². The van der Waals surface area contributed by atoms with Gasteiger partial charge in [-0.2, -0.15) is 0 Å². The number of carbonyl (C=O) groups is 1. The summed E-state index contributed by atoms with van der Waals surface area (Å²) in [5, 5.41) is 3.28. The van der Waals surface area contributed by atoms with E-state index in [0.29, 0.717) is 23.8 Å². The molecule has 0 aliphatic carbocycles. The van der Waals surface area contributed by atoms with Gasteiger partial charge in [-0.3, -0.25) is 4.79 Å². The monoisotopic (exact) mass is 226 g/mol. The quantitative estimate of drug-likeness (QED) is 0.795. The van der Waals surface area contributed by atoms with Crippen molar-refractivity contribution in [3.63, 3.8) is 0 Å². The molecular weight excluding hydrogens is 200 g/mol. The minimum absolute atomic E-state index is 0.299. The van der Waals surface area contributed by atoms with E-state index in [9.17, 15) is 4.79 Å². The van der Waals surface area contributed by atoms with Gasteiger partial charge in [0.05, 0.1) is 0 Å². The van der Waals surface area contributed by atoms with Crippen LogP contribution >= 0.6 is 0 Å². The number of carbonyl (C=O) groups excluding carboxylic acids is 1. The molecular formula is C13H26N2O. The van der Waals surface area contributed by atoms with Gasteiger partial charge in [0.15, 0.2) is 0 Å². The number of amides is 1. The van der Waals surface area contributed by atoms with Gasteiger partial charge < -0.3 is 10.2 Å². The number of nitrogens with one attached hydrogen (secondary N) is 1. The highest BCUT2D eigenvalue weighted by Crippen LogP contribution is 2.29. The van der Waals surface area contributed by atoms with E-state index in [1.807, 2.05) is 4.90 Å². The molecule has 1 fully saturated rings. The summed E-state index contributed by atoms with van der Waals surface area (Å²) in [6.45, 7) is 11.5. The van der Waals surface area contributed by atoms with Crippen LogP contribution in [-0.4, -0.2) is 36.5 Å². The Morgan fingerprint density at radius 3 is 2.44 bits per heavy atom. The van der Waals surface area contributed by atoms with E-state index in [4.69, 9.17) is 0 Å². The second kappa shape index (κ2) is 5.67. The van der Waals surface area contributed by atoms with E-state index < -0.39 is 0 Å². The summed E-state index contributed by atoms with van der Waals surface area (Å²) in [6.07, 6.45) is 2.90. The van der Waals surface area contributed by atoms with E-state index >= 15 is 0 Å². The molecule has 1 saturated heterocycles. The maximum absolute atomic E-state index is 12.0. The maximum atomic E-state index is 12.0. The topological polar surface area (TPSA) is 32.3 Å². The molecule has 1 aliphatic heterocycles. The first-order valence-electron chi connectivity index (χ1n) is 6.46. The third-order valence-electron chi connectivity index (χ3n) is 3.50. The predicted molar refractivity (Wildman–Crippen MR) is 67.4 cm³/mol. The van der Waals surface area contributed by atoms with Crippen molar-refractivity contribution < 1.29 is 4.79 Å². The molecule has 1 amide bonds. The molecule has 0 aromatic carbocycles. The van der Waals surface area contributed by atoms with Gasteiger partial charge in [0.25, 0.3) is 0 Å². The molecule has 0 radical (unpaired) electrons. The average Bonchev–Trinajstić information content (AvgIpc) is 2.17. The molecule has 0 bridgehead atoms. The minimum atomic E-state index is 0.299. The minimum Gasteiger partial charge on any atom is -0.343 e. The van der Waals surface area contributed by atoms with Gasteiger partial charge in [-0.05, 0) is 31.7 Å². The molecule has 1 rings (SSSR count). The third kappa shape index (κ3) is 4.12.